The molecule has 0 saturated carbocycles. The number of hydrogen-bond donors (Lipinski definition) is 1. The van der Waals surface area contributed by atoms with Gasteiger partial charge in [-0.1, -0.05) is 18.2 Å². The summed E-state index contributed by atoms with van der Waals surface area (Å²) in [6, 6.07) is 12.9. The van der Waals surface area contributed by atoms with Crippen molar-refractivity contribution in [3.05, 3.63) is 67.0 Å². The lowest BCUT2D eigenvalue weighted by Crippen LogP contribution is -2.12. The third-order valence-corrected chi connectivity index (χ3v) is 3.34. The van der Waals surface area contributed by atoms with E-state index in [0.717, 1.165) is 5.69 Å². The van der Waals surface area contributed by atoms with Crippen LogP contribution in [0.1, 0.15) is 10.6 Å². The number of nitrogens with zero attached hydrogens (tertiary/aromatic N) is 4. The number of carbonyl (C=O) groups is 1. The van der Waals surface area contributed by atoms with Gasteiger partial charge in [0.2, 0.25) is 0 Å². The van der Waals surface area contributed by atoms with E-state index in [-0.39, 0.29) is 11.7 Å². The van der Waals surface area contributed by atoms with E-state index in [4.69, 9.17) is 4.42 Å². The average molecular weight is 305 g/mol. The number of anilines is 1. The van der Waals surface area contributed by atoms with Crippen LogP contribution in [-0.4, -0.2) is 25.7 Å². The third-order valence-electron chi connectivity index (χ3n) is 3.34. The molecule has 4 aromatic rings. The number of amides is 1. The number of benzene rings is 1. The van der Waals surface area contributed by atoms with Gasteiger partial charge in [-0.15, -0.1) is 0 Å². The van der Waals surface area contributed by atoms with Gasteiger partial charge in [-0.05, 0) is 24.3 Å². The maximum Gasteiger partial charge on any atom is 0.292 e. The number of rotatable bonds is 3. The highest BCUT2D eigenvalue weighted by atomic mass is 16.3. The fourth-order valence-electron chi connectivity index (χ4n) is 2.28. The van der Waals surface area contributed by atoms with E-state index in [2.05, 4.69) is 20.4 Å². The van der Waals surface area contributed by atoms with E-state index in [9.17, 15) is 4.79 Å². The molecule has 3 heterocycles. The summed E-state index contributed by atoms with van der Waals surface area (Å²) in [4.78, 5) is 20.5. The Morgan fingerprint density at radius 1 is 1.09 bits per heavy atom. The molecule has 0 aliphatic rings. The van der Waals surface area contributed by atoms with E-state index in [0.29, 0.717) is 16.9 Å². The van der Waals surface area contributed by atoms with E-state index < -0.39 is 0 Å². The molecule has 0 unspecified atom stereocenters. The first-order valence-electron chi connectivity index (χ1n) is 6.92. The predicted octanol–water partition coefficient (Wildman–Crippen LogP) is 2.66. The molecule has 0 radical (unpaired) electrons. The van der Waals surface area contributed by atoms with Crippen molar-refractivity contribution in [2.45, 2.75) is 0 Å². The maximum absolute atomic E-state index is 12.1. The van der Waals surface area contributed by atoms with E-state index in [1.807, 2.05) is 30.3 Å². The molecule has 1 N–H and O–H groups in total. The summed E-state index contributed by atoms with van der Waals surface area (Å²) >= 11 is 0. The lowest BCUT2D eigenvalue weighted by atomic mass is 10.3. The normalized spacial score (nSPS) is 10.8. The number of furan rings is 1. The SMILES string of the molecule is O=C(Nc1ncnc2c1cnn2-c1ccccc1)c1ccco1. The highest BCUT2D eigenvalue weighted by molar-refractivity contribution is 6.05. The van der Waals surface area contributed by atoms with E-state index in [1.165, 1.54) is 12.6 Å². The summed E-state index contributed by atoms with van der Waals surface area (Å²) in [7, 11) is 0. The molecule has 0 aliphatic carbocycles. The lowest BCUT2D eigenvalue weighted by Gasteiger charge is -2.04. The van der Waals surface area contributed by atoms with Gasteiger partial charge in [-0.25, -0.2) is 14.6 Å². The van der Waals surface area contributed by atoms with Gasteiger partial charge in [-0.3, -0.25) is 4.79 Å². The first kappa shape index (κ1) is 13.2. The van der Waals surface area contributed by atoms with Gasteiger partial charge < -0.3 is 9.73 Å². The Bertz CT molecular complexity index is 961. The maximum atomic E-state index is 12.1. The minimum atomic E-state index is -0.373. The second kappa shape index (κ2) is 5.38. The summed E-state index contributed by atoms with van der Waals surface area (Å²) in [6.45, 7) is 0. The van der Waals surface area contributed by atoms with Crippen LogP contribution in [0, 0.1) is 0 Å². The van der Waals surface area contributed by atoms with Crippen LogP contribution in [0.5, 0.6) is 0 Å². The average Bonchev–Trinajstić information content (AvgIpc) is 3.26. The Labute approximate surface area is 130 Å². The lowest BCUT2D eigenvalue weighted by molar-refractivity contribution is 0.0996. The standard InChI is InChI=1S/C16H11N5O2/c22-16(13-7-4-8-23-13)20-14-12-9-19-21(15(12)18-10-17-14)11-5-2-1-3-6-11/h1-10H,(H,17,18,20,22). The minimum Gasteiger partial charge on any atom is -0.459 e. The summed E-state index contributed by atoms with van der Waals surface area (Å²) < 4.78 is 6.77. The Kier molecular flexibility index (Phi) is 3.09. The van der Waals surface area contributed by atoms with Gasteiger partial charge in [0, 0.05) is 0 Å². The van der Waals surface area contributed by atoms with Gasteiger partial charge in [0.15, 0.2) is 11.4 Å². The van der Waals surface area contributed by atoms with Gasteiger partial charge in [0.1, 0.15) is 12.1 Å². The zero-order chi connectivity index (χ0) is 15.6. The van der Waals surface area contributed by atoms with Crippen LogP contribution >= 0.6 is 0 Å². The van der Waals surface area contributed by atoms with Crippen molar-refractivity contribution in [2.75, 3.05) is 5.32 Å². The van der Waals surface area contributed by atoms with Crippen molar-refractivity contribution in [3.8, 4) is 5.69 Å². The molecule has 23 heavy (non-hydrogen) atoms. The third kappa shape index (κ3) is 2.34. The zero-order valence-corrected chi connectivity index (χ0v) is 11.9. The molecule has 3 aromatic heterocycles. The molecule has 0 saturated heterocycles. The molecule has 112 valence electrons. The Morgan fingerprint density at radius 3 is 2.74 bits per heavy atom. The Morgan fingerprint density at radius 2 is 1.96 bits per heavy atom. The number of nitrogens with one attached hydrogen (secondary N) is 1. The zero-order valence-electron chi connectivity index (χ0n) is 11.9. The summed E-state index contributed by atoms with van der Waals surface area (Å²) in [5, 5.41) is 7.70. The molecule has 4 rings (SSSR count). The smallest absolute Gasteiger partial charge is 0.292 e. The monoisotopic (exact) mass is 305 g/mol. The van der Waals surface area contributed by atoms with Crippen molar-refractivity contribution in [1.82, 2.24) is 19.7 Å². The van der Waals surface area contributed by atoms with Gasteiger partial charge in [0.25, 0.3) is 5.91 Å². The highest BCUT2D eigenvalue weighted by Gasteiger charge is 2.15. The van der Waals surface area contributed by atoms with Crippen LogP contribution in [0.15, 0.2) is 65.7 Å². The van der Waals surface area contributed by atoms with Crippen LogP contribution < -0.4 is 5.32 Å². The molecule has 0 bridgehead atoms. The quantitative estimate of drug-likeness (QED) is 0.629. The number of hydrogen-bond acceptors (Lipinski definition) is 5. The first-order valence-corrected chi connectivity index (χ1v) is 6.92. The van der Waals surface area contributed by atoms with Gasteiger partial charge in [-0.2, -0.15) is 5.10 Å². The Balaban J connectivity index is 1.75. The van der Waals surface area contributed by atoms with Crippen molar-refractivity contribution in [2.24, 2.45) is 0 Å². The molecule has 1 aromatic carbocycles. The van der Waals surface area contributed by atoms with Crippen molar-refractivity contribution in [3.63, 3.8) is 0 Å². The fourth-order valence-corrected chi connectivity index (χ4v) is 2.28. The number of fused-ring (bicyclic) bond motifs is 1. The first-order chi connectivity index (χ1) is 11.3. The molecule has 7 nitrogen and oxygen atoms in total. The fraction of sp³-hybridized carbons (Fsp3) is 0. The van der Waals surface area contributed by atoms with Crippen LogP contribution in [0.25, 0.3) is 16.7 Å². The summed E-state index contributed by atoms with van der Waals surface area (Å²) in [5.74, 6) is 0.230. The van der Waals surface area contributed by atoms with Crippen LogP contribution in [0.3, 0.4) is 0 Å². The summed E-state index contributed by atoms with van der Waals surface area (Å²) in [5.41, 5.74) is 1.49. The molecule has 0 fully saturated rings. The molecule has 1 amide bonds. The molecular formula is C16H11N5O2. The number of aromatic nitrogens is 4. The van der Waals surface area contributed by atoms with Crippen molar-refractivity contribution < 1.29 is 9.21 Å². The van der Waals surface area contributed by atoms with Crippen molar-refractivity contribution in [1.29, 1.82) is 0 Å². The minimum absolute atomic E-state index is 0.215. The summed E-state index contributed by atoms with van der Waals surface area (Å²) in [6.07, 6.45) is 4.46. The topological polar surface area (TPSA) is 85.8 Å². The van der Waals surface area contributed by atoms with E-state index >= 15 is 0 Å². The van der Waals surface area contributed by atoms with Gasteiger partial charge in [0.05, 0.1) is 23.5 Å². The number of para-hydroxylation sites is 1. The second-order valence-corrected chi connectivity index (χ2v) is 4.78. The van der Waals surface area contributed by atoms with Gasteiger partial charge >= 0.3 is 0 Å². The van der Waals surface area contributed by atoms with Crippen LogP contribution in [-0.2, 0) is 0 Å². The molecule has 0 atom stereocenters. The largest absolute Gasteiger partial charge is 0.459 e. The van der Waals surface area contributed by atoms with Crippen LogP contribution in [0.4, 0.5) is 5.82 Å². The van der Waals surface area contributed by atoms with E-state index in [1.54, 1.807) is 23.0 Å². The number of carbonyl (C=O) groups excluding carboxylic acids is 1. The molecule has 0 spiro atoms. The van der Waals surface area contributed by atoms with Crippen LogP contribution in [0.2, 0.25) is 0 Å². The molecule has 7 heteroatoms. The van der Waals surface area contributed by atoms with Crippen molar-refractivity contribution >= 4 is 22.8 Å². The highest BCUT2D eigenvalue weighted by Crippen LogP contribution is 2.21. The predicted molar refractivity (Wildman–Crippen MR) is 83.3 cm³/mol. The second-order valence-electron chi connectivity index (χ2n) is 4.78. The molecular weight excluding hydrogens is 294 g/mol. The molecule has 0 aliphatic heterocycles. The Hall–Kier alpha value is -3.48.